The number of anilines is 1. The first-order chi connectivity index (χ1) is 18.0. The highest BCUT2D eigenvalue weighted by Crippen LogP contribution is 2.32. The number of halogens is 4. The lowest BCUT2D eigenvalue weighted by Gasteiger charge is -2.22. The lowest BCUT2D eigenvalue weighted by Crippen LogP contribution is -2.31. The van der Waals surface area contributed by atoms with Gasteiger partial charge in [0, 0.05) is 17.3 Å². The molecule has 0 aliphatic heterocycles. The fourth-order valence-electron chi connectivity index (χ4n) is 3.64. The summed E-state index contributed by atoms with van der Waals surface area (Å²) in [4.78, 5) is 0.0644. The van der Waals surface area contributed by atoms with Crippen molar-refractivity contribution in [2.75, 3.05) is 11.9 Å². The highest BCUT2D eigenvalue weighted by atomic mass is 35.5. The molecule has 0 amide bonds. The van der Waals surface area contributed by atoms with Crippen LogP contribution in [0.2, 0.25) is 5.02 Å². The molecule has 0 bridgehead atoms. The first-order valence-electron chi connectivity index (χ1n) is 11.5. The highest BCUT2D eigenvalue weighted by Gasteiger charge is 2.31. The van der Waals surface area contributed by atoms with Crippen molar-refractivity contribution in [3.05, 3.63) is 119 Å². The number of hydrogen-bond donors (Lipinski definition) is 2. The van der Waals surface area contributed by atoms with Crippen LogP contribution in [0, 0.1) is 6.92 Å². The third-order valence-corrected chi connectivity index (χ3v) is 7.36. The summed E-state index contributed by atoms with van der Waals surface area (Å²) in [6.45, 7) is 1.64. The van der Waals surface area contributed by atoms with E-state index >= 15 is 0 Å². The van der Waals surface area contributed by atoms with E-state index in [0.717, 1.165) is 17.7 Å². The van der Waals surface area contributed by atoms with E-state index in [2.05, 4.69) is 10.0 Å². The van der Waals surface area contributed by atoms with Gasteiger partial charge in [-0.15, -0.1) is 0 Å². The molecule has 38 heavy (non-hydrogen) atoms. The van der Waals surface area contributed by atoms with Crippen molar-refractivity contribution < 1.29 is 26.3 Å². The molecule has 0 spiro atoms. The molecule has 0 fully saturated rings. The van der Waals surface area contributed by atoms with E-state index in [4.69, 9.17) is 16.3 Å². The molecule has 0 aliphatic rings. The zero-order chi connectivity index (χ0) is 27.3. The highest BCUT2D eigenvalue weighted by molar-refractivity contribution is 7.89. The number of alkyl halides is 3. The van der Waals surface area contributed by atoms with E-state index in [1.807, 2.05) is 6.92 Å². The van der Waals surface area contributed by atoms with Gasteiger partial charge in [-0.3, -0.25) is 0 Å². The minimum atomic E-state index is -4.54. The molecule has 4 aromatic rings. The predicted octanol–water partition coefficient (Wildman–Crippen LogP) is 7.59. The Morgan fingerprint density at radius 1 is 0.868 bits per heavy atom. The number of nitrogens with one attached hydrogen (secondary N) is 2. The van der Waals surface area contributed by atoms with E-state index in [1.165, 1.54) is 24.3 Å². The summed E-state index contributed by atoms with van der Waals surface area (Å²) in [5, 5.41) is 3.72. The molecule has 5 nitrogen and oxygen atoms in total. The summed E-state index contributed by atoms with van der Waals surface area (Å²) >= 11 is 5.89. The van der Waals surface area contributed by atoms with Gasteiger partial charge in [-0.25, -0.2) is 13.1 Å². The van der Waals surface area contributed by atoms with Gasteiger partial charge in [0.1, 0.15) is 11.5 Å². The Labute approximate surface area is 224 Å². The standard InChI is InChI=1S/C28H24ClF3N2O3S/c1-19-5-15-26(16-6-19)38(35,36)33-18-27(20-3-2-4-21(17-20)28(30,31)32)34-23-9-13-25(14-10-23)37-24-11-7-22(29)8-12-24/h2-17,27,33-34H,18H2,1H3/t27-/m1/s1. The van der Waals surface area contributed by atoms with Gasteiger partial charge in [0.15, 0.2) is 0 Å². The number of ether oxygens (including phenoxy) is 1. The van der Waals surface area contributed by atoms with Gasteiger partial charge in [0.25, 0.3) is 0 Å². The smallest absolute Gasteiger partial charge is 0.416 e. The van der Waals surface area contributed by atoms with Gasteiger partial charge in [-0.05, 0) is 85.3 Å². The summed E-state index contributed by atoms with van der Waals surface area (Å²) < 4.78 is 74.1. The third-order valence-electron chi connectivity index (χ3n) is 5.67. The van der Waals surface area contributed by atoms with E-state index in [1.54, 1.807) is 60.7 Å². The molecule has 4 aromatic carbocycles. The number of sulfonamides is 1. The van der Waals surface area contributed by atoms with Crippen LogP contribution in [0.5, 0.6) is 11.5 Å². The minimum Gasteiger partial charge on any atom is -0.457 e. The van der Waals surface area contributed by atoms with Gasteiger partial charge < -0.3 is 10.1 Å². The van der Waals surface area contributed by atoms with Crippen molar-refractivity contribution in [3.8, 4) is 11.5 Å². The predicted molar refractivity (Wildman–Crippen MR) is 142 cm³/mol. The Morgan fingerprint density at radius 2 is 1.47 bits per heavy atom. The van der Waals surface area contributed by atoms with Crippen LogP contribution in [0.25, 0.3) is 0 Å². The van der Waals surface area contributed by atoms with Crippen LogP contribution in [0.1, 0.15) is 22.7 Å². The van der Waals surface area contributed by atoms with Gasteiger partial charge in [0.2, 0.25) is 10.0 Å². The fraction of sp³-hybridized carbons (Fsp3) is 0.143. The Kier molecular flexibility index (Phi) is 8.30. The maximum atomic E-state index is 13.4. The Hall–Kier alpha value is -3.53. The molecule has 2 N–H and O–H groups in total. The molecule has 1 atom stereocenters. The zero-order valence-corrected chi connectivity index (χ0v) is 21.7. The van der Waals surface area contributed by atoms with Crippen LogP contribution in [0.3, 0.4) is 0 Å². The van der Waals surface area contributed by atoms with Crippen molar-refractivity contribution in [1.29, 1.82) is 0 Å². The van der Waals surface area contributed by atoms with Crippen molar-refractivity contribution in [2.24, 2.45) is 0 Å². The molecule has 0 heterocycles. The normalized spacial score (nSPS) is 12.7. The maximum absolute atomic E-state index is 13.4. The van der Waals surface area contributed by atoms with E-state index in [9.17, 15) is 21.6 Å². The van der Waals surface area contributed by atoms with Crippen molar-refractivity contribution in [2.45, 2.75) is 24.0 Å². The Bertz CT molecular complexity index is 1480. The molecular formula is C28H24ClF3N2O3S. The largest absolute Gasteiger partial charge is 0.457 e. The molecule has 0 saturated heterocycles. The van der Waals surface area contributed by atoms with E-state index in [-0.39, 0.29) is 17.0 Å². The fourth-order valence-corrected chi connectivity index (χ4v) is 4.81. The Morgan fingerprint density at radius 3 is 2.08 bits per heavy atom. The second-order valence-electron chi connectivity index (χ2n) is 8.57. The first-order valence-corrected chi connectivity index (χ1v) is 13.4. The van der Waals surface area contributed by atoms with Gasteiger partial charge >= 0.3 is 6.18 Å². The molecule has 4 rings (SSSR count). The molecule has 10 heteroatoms. The van der Waals surface area contributed by atoms with E-state index in [0.29, 0.717) is 22.2 Å². The zero-order valence-electron chi connectivity index (χ0n) is 20.2. The molecule has 0 radical (unpaired) electrons. The molecule has 0 unspecified atom stereocenters. The molecule has 0 aromatic heterocycles. The number of rotatable bonds is 9. The van der Waals surface area contributed by atoms with Crippen LogP contribution in [-0.2, 0) is 16.2 Å². The maximum Gasteiger partial charge on any atom is 0.416 e. The molecule has 0 aliphatic carbocycles. The number of benzene rings is 4. The van der Waals surface area contributed by atoms with Gasteiger partial charge in [-0.2, -0.15) is 13.2 Å². The average Bonchev–Trinajstić information content (AvgIpc) is 2.89. The van der Waals surface area contributed by atoms with Crippen molar-refractivity contribution in [1.82, 2.24) is 4.72 Å². The van der Waals surface area contributed by atoms with Crippen LogP contribution in [-0.4, -0.2) is 15.0 Å². The van der Waals surface area contributed by atoms with Crippen molar-refractivity contribution >= 4 is 27.3 Å². The van der Waals surface area contributed by atoms with Crippen LogP contribution < -0.4 is 14.8 Å². The second kappa shape index (κ2) is 11.5. The van der Waals surface area contributed by atoms with Gasteiger partial charge in [0.05, 0.1) is 16.5 Å². The summed E-state index contributed by atoms with van der Waals surface area (Å²) in [5.74, 6) is 1.12. The number of aryl methyl sites for hydroxylation is 1. The first kappa shape index (κ1) is 27.5. The van der Waals surface area contributed by atoms with Gasteiger partial charge in [-0.1, -0.05) is 41.4 Å². The Balaban J connectivity index is 1.55. The summed E-state index contributed by atoms with van der Waals surface area (Å²) in [7, 11) is -3.90. The SMILES string of the molecule is Cc1ccc(S(=O)(=O)NC[C@@H](Nc2ccc(Oc3ccc(Cl)cc3)cc2)c2cccc(C(F)(F)F)c2)cc1. The molecular weight excluding hydrogens is 537 g/mol. The number of hydrogen-bond acceptors (Lipinski definition) is 4. The summed E-state index contributed by atoms with van der Waals surface area (Å²) in [6, 6.07) is 23.9. The molecule has 198 valence electrons. The monoisotopic (exact) mass is 560 g/mol. The van der Waals surface area contributed by atoms with E-state index < -0.39 is 27.8 Å². The van der Waals surface area contributed by atoms with Crippen LogP contribution >= 0.6 is 11.6 Å². The third kappa shape index (κ3) is 7.28. The minimum absolute atomic E-state index is 0.0644. The molecule has 0 saturated carbocycles. The van der Waals surface area contributed by atoms with Crippen molar-refractivity contribution in [3.63, 3.8) is 0 Å². The summed E-state index contributed by atoms with van der Waals surface area (Å²) in [5.41, 5.74) is 0.907. The van der Waals surface area contributed by atoms with Crippen LogP contribution in [0.15, 0.2) is 102 Å². The van der Waals surface area contributed by atoms with Crippen LogP contribution in [0.4, 0.5) is 18.9 Å². The summed E-state index contributed by atoms with van der Waals surface area (Å²) in [6.07, 6.45) is -4.54. The topological polar surface area (TPSA) is 67.4 Å². The average molecular weight is 561 g/mol. The lowest BCUT2D eigenvalue weighted by atomic mass is 10.0. The lowest BCUT2D eigenvalue weighted by molar-refractivity contribution is -0.137. The second-order valence-corrected chi connectivity index (χ2v) is 10.8. The quantitative estimate of drug-likeness (QED) is 0.221.